The van der Waals surface area contributed by atoms with Crippen molar-refractivity contribution < 1.29 is 23.1 Å². The molecule has 2 atom stereocenters. The summed E-state index contributed by atoms with van der Waals surface area (Å²) in [6, 6.07) is 5.69. The number of benzene rings is 1. The summed E-state index contributed by atoms with van der Waals surface area (Å²) >= 11 is 0. The Hall–Kier alpha value is -2.72. The molecule has 2 unspecified atom stereocenters. The molecule has 2 rings (SSSR count). The number of carboxylic acid groups (broad SMARTS) is 1. The van der Waals surface area contributed by atoms with E-state index in [9.17, 15) is 23.1 Å². The van der Waals surface area contributed by atoms with Crippen LogP contribution < -0.4 is 10.0 Å². The summed E-state index contributed by atoms with van der Waals surface area (Å²) < 4.78 is 29.0. The normalized spacial score (nSPS) is 13.8. The first-order chi connectivity index (χ1) is 12.5. The summed E-state index contributed by atoms with van der Waals surface area (Å²) in [7, 11) is -2.39. The van der Waals surface area contributed by atoms with E-state index in [-0.39, 0.29) is 4.90 Å². The van der Waals surface area contributed by atoms with E-state index in [0.29, 0.717) is 17.0 Å². The summed E-state index contributed by atoms with van der Waals surface area (Å²) in [4.78, 5) is 23.9. The van der Waals surface area contributed by atoms with Crippen molar-refractivity contribution in [2.75, 3.05) is 0 Å². The number of amides is 1. The highest BCUT2D eigenvalue weighted by Crippen LogP contribution is 2.19. The molecule has 1 heterocycles. The van der Waals surface area contributed by atoms with Gasteiger partial charge in [-0.25, -0.2) is 13.2 Å². The van der Waals surface area contributed by atoms with Crippen LogP contribution in [0.4, 0.5) is 0 Å². The summed E-state index contributed by atoms with van der Waals surface area (Å²) in [6.45, 7) is 4.51. The lowest BCUT2D eigenvalue weighted by Gasteiger charge is -2.19. The fraction of sp³-hybridized carbons (Fsp3) is 0.353. The van der Waals surface area contributed by atoms with Crippen LogP contribution in [0.2, 0.25) is 0 Å². The molecule has 9 nitrogen and oxygen atoms in total. The second-order valence-corrected chi connectivity index (χ2v) is 7.81. The van der Waals surface area contributed by atoms with E-state index in [0.717, 1.165) is 0 Å². The topological polar surface area (TPSA) is 130 Å². The van der Waals surface area contributed by atoms with Crippen LogP contribution in [0.3, 0.4) is 0 Å². The van der Waals surface area contributed by atoms with Crippen LogP contribution in [-0.4, -0.2) is 41.2 Å². The third kappa shape index (κ3) is 4.52. The second-order valence-electron chi connectivity index (χ2n) is 6.16. The first-order valence-corrected chi connectivity index (χ1v) is 9.63. The maximum atomic E-state index is 12.6. The number of rotatable bonds is 7. The molecule has 0 aliphatic carbocycles. The van der Waals surface area contributed by atoms with Crippen LogP contribution in [-0.2, 0) is 26.7 Å². The first-order valence-electron chi connectivity index (χ1n) is 8.15. The van der Waals surface area contributed by atoms with Gasteiger partial charge in [-0.1, -0.05) is 30.3 Å². The highest BCUT2D eigenvalue weighted by atomic mass is 32.2. The summed E-state index contributed by atoms with van der Waals surface area (Å²) in [5.74, 6) is -2.00. The molecule has 0 saturated heterocycles. The number of aryl methyl sites for hydroxylation is 2. The number of aliphatic carboxylic acids is 1. The van der Waals surface area contributed by atoms with Crippen LogP contribution >= 0.6 is 0 Å². The largest absolute Gasteiger partial charge is 0.479 e. The lowest BCUT2D eigenvalue weighted by atomic mass is 10.1. The minimum atomic E-state index is -4.01. The minimum absolute atomic E-state index is 0.00231. The molecule has 0 bridgehead atoms. The molecule has 3 N–H and O–H groups in total. The Morgan fingerprint density at radius 3 is 2.26 bits per heavy atom. The van der Waals surface area contributed by atoms with Gasteiger partial charge in [-0.3, -0.25) is 9.48 Å². The highest BCUT2D eigenvalue weighted by Gasteiger charge is 2.30. The Balaban J connectivity index is 2.18. The molecule has 27 heavy (non-hydrogen) atoms. The van der Waals surface area contributed by atoms with Gasteiger partial charge in [-0.15, -0.1) is 0 Å². The Morgan fingerprint density at radius 1 is 1.19 bits per heavy atom. The van der Waals surface area contributed by atoms with Gasteiger partial charge in [0.2, 0.25) is 15.9 Å². The number of aromatic nitrogens is 2. The van der Waals surface area contributed by atoms with Crippen LogP contribution in [0.25, 0.3) is 0 Å². The quantitative estimate of drug-likeness (QED) is 0.632. The number of hydrogen-bond acceptors (Lipinski definition) is 5. The fourth-order valence-electron chi connectivity index (χ4n) is 2.69. The Bertz CT molecular complexity index is 953. The summed E-state index contributed by atoms with van der Waals surface area (Å²) in [6.07, 6.45) is 0. The van der Waals surface area contributed by atoms with E-state index in [1.165, 1.54) is 11.6 Å². The average Bonchev–Trinajstić information content (AvgIpc) is 2.85. The molecule has 2 aromatic rings. The predicted octanol–water partition coefficient (Wildman–Crippen LogP) is 0.646. The number of carboxylic acids is 1. The molecule has 146 valence electrons. The second kappa shape index (κ2) is 7.89. The van der Waals surface area contributed by atoms with Gasteiger partial charge in [0.15, 0.2) is 6.04 Å². The van der Waals surface area contributed by atoms with E-state index in [2.05, 4.69) is 15.1 Å². The third-order valence-corrected chi connectivity index (χ3v) is 5.90. The lowest BCUT2D eigenvalue weighted by Crippen LogP contribution is -2.47. The number of carbonyl (C=O) groups excluding carboxylic acids is 1. The molecular weight excluding hydrogens is 372 g/mol. The number of hydrogen-bond donors (Lipinski definition) is 3. The SMILES string of the molecule is Cc1nn(C)c(C)c1S(=O)(=O)NC(C)C(=O)NC(C(=O)O)c1ccccc1. The number of nitrogens with zero attached hydrogens (tertiary/aromatic N) is 2. The zero-order chi connectivity index (χ0) is 20.4. The molecular formula is C17H22N4O5S. The third-order valence-electron chi connectivity index (χ3n) is 4.10. The number of sulfonamides is 1. The molecule has 0 radical (unpaired) electrons. The van der Waals surface area contributed by atoms with E-state index < -0.39 is 34.0 Å². The molecule has 0 saturated carbocycles. The van der Waals surface area contributed by atoms with Crippen molar-refractivity contribution in [2.45, 2.75) is 37.8 Å². The van der Waals surface area contributed by atoms with Crippen LogP contribution in [0.5, 0.6) is 0 Å². The molecule has 0 aliphatic rings. The summed E-state index contributed by atoms with van der Waals surface area (Å²) in [5.41, 5.74) is 1.12. The molecule has 1 aromatic carbocycles. The molecule has 1 aromatic heterocycles. The predicted molar refractivity (Wildman–Crippen MR) is 97.4 cm³/mol. The van der Waals surface area contributed by atoms with Crippen LogP contribution in [0.15, 0.2) is 35.2 Å². The smallest absolute Gasteiger partial charge is 0.330 e. The highest BCUT2D eigenvalue weighted by molar-refractivity contribution is 7.89. The van der Waals surface area contributed by atoms with Crippen molar-refractivity contribution >= 4 is 21.9 Å². The van der Waals surface area contributed by atoms with Crippen molar-refractivity contribution in [1.29, 1.82) is 0 Å². The molecule has 1 amide bonds. The monoisotopic (exact) mass is 394 g/mol. The molecule has 0 spiro atoms. The van der Waals surface area contributed by atoms with Gasteiger partial charge in [0.05, 0.1) is 17.4 Å². The maximum absolute atomic E-state index is 12.6. The standard InChI is InChI=1S/C17H22N4O5S/c1-10-15(12(3)21(4)19-10)27(25,26)20-11(2)16(22)18-14(17(23)24)13-8-6-5-7-9-13/h5-9,11,14,20H,1-4H3,(H,18,22)(H,23,24). The van der Waals surface area contributed by atoms with Crippen LogP contribution in [0.1, 0.15) is 29.9 Å². The van der Waals surface area contributed by atoms with Crippen molar-refractivity contribution in [3.63, 3.8) is 0 Å². The fourth-order valence-corrected chi connectivity index (χ4v) is 4.33. The van der Waals surface area contributed by atoms with E-state index >= 15 is 0 Å². The lowest BCUT2D eigenvalue weighted by molar-refractivity contribution is -0.142. The minimum Gasteiger partial charge on any atom is -0.479 e. The zero-order valence-electron chi connectivity index (χ0n) is 15.4. The molecule has 10 heteroatoms. The van der Waals surface area contributed by atoms with Crippen molar-refractivity contribution in [1.82, 2.24) is 19.8 Å². The van der Waals surface area contributed by atoms with E-state index in [1.807, 2.05) is 0 Å². The van der Waals surface area contributed by atoms with Crippen molar-refractivity contribution in [3.8, 4) is 0 Å². The Labute approximate surface area is 157 Å². The van der Waals surface area contributed by atoms with Gasteiger partial charge in [-0.05, 0) is 26.3 Å². The number of carbonyl (C=O) groups is 2. The number of nitrogens with one attached hydrogen (secondary N) is 2. The Morgan fingerprint density at radius 2 is 1.78 bits per heavy atom. The molecule has 0 fully saturated rings. The molecule has 0 aliphatic heterocycles. The van der Waals surface area contributed by atoms with Crippen molar-refractivity contribution in [2.24, 2.45) is 7.05 Å². The van der Waals surface area contributed by atoms with Crippen molar-refractivity contribution in [3.05, 3.63) is 47.3 Å². The summed E-state index contributed by atoms with van der Waals surface area (Å²) in [5, 5.41) is 15.8. The van der Waals surface area contributed by atoms with Gasteiger partial charge in [0.25, 0.3) is 0 Å². The van der Waals surface area contributed by atoms with Gasteiger partial charge in [0.1, 0.15) is 4.90 Å². The first kappa shape index (κ1) is 20.6. The zero-order valence-corrected chi connectivity index (χ0v) is 16.2. The van der Waals surface area contributed by atoms with Crippen LogP contribution in [0, 0.1) is 13.8 Å². The van der Waals surface area contributed by atoms with Gasteiger partial charge in [-0.2, -0.15) is 9.82 Å². The van der Waals surface area contributed by atoms with Gasteiger partial charge in [0, 0.05) is 7.05 Å². The Kier molecular flexibility index (Phi) is 6.01. The van der Waals surface area contributed by atoms with E-state index in [4.69, 9.17) is 0 Å². The van der Waals surface area contributed by atoms with E-state index in [1.54, 1.807) is 51.2 Å². The maximum Gasteiger partial charge on any atom is 0.330 e. The van der Waals surface area contributed by atoms with Gasteiger partial charge < -0.3 is 10.4 Å². The average molecular weight is 394 g/mol. The van der Waals surface area contributed by atoms with Gasteiger partial charge >= 0.3 is 5.97 Å².